The molecule has 0 aliphatic rings. The average molecular weight is 307 g/mol. The summed E-state index contributed by atoms with van der Waals surface area (Å²) in [7, 11) is 3.30. The summed E-state index contributed by atoms with van der Waals surface area (Å²) in [6.45, 7) is 4.12. The second-order valence-electron chi connectivity index (χ2n) is 4.57. The van der Waals surface area contributed by atoms with Crippen LogP contribution in [0.15, 0.2) is 18.2 Å². The second kappa shape index (κ2) is 7.95. The van der Waals surface area contributed by atoms with E-state index in [4.69, 9.17) is 9.47 Å². The van der Waals surface area contributed by atoms with Gasteiger partial charge in [-0.25, -0.2) is 0 Å². The topological polar surface area (TPSA) is 56.3 Å². The molecule has 0 atom stereocenters. The minimum Gasteiger partial charge on any atom is -0.497 e. The third kappa shape index (κ3) is 4.15. The Balaban J connectivity index is 2.13. The van der Waals surface area contributed by atoms with E-state index in [-0.39, 0.29) is 0 Å². The van der Waals surface area contributed by atoms with Gasteiger partial charge in [-0.3, -0.25) is 0 Å². The van der Waals surface area contributed by atoms with Crippen LogP contribution in [-0.4, -0.2) is 37.5 Å². The summed E-state index contributed by atoms with van der Waals surface area (Å²) < 4.78 is 10.7. The molecule has 21 heavy (non-hydrogen) atoms. The Morgan fingerprint density at radius 2 is 2.00 bits per heavy atom. The van der Waals surface area contributed by atoms with E-state index in [1.54, 1.807) is 25.6 Å². The number of ether oxygens (including phenoxy) is 2. The van der Waals surface area contributed by atoms with Gasteiger partial charge < -0.3 is 14.8 Å². The Bertz CT molecular complexity index is 572. The van der Waals surface area contributed by atoms with Crippen molar-refractivity contribution < 1.29 is 9.47 Å². The van der Waals surface area contributed by atoms with Crippen molar-refractivity contribution >= 4 is 11.3 Å². The van der Waals surface area contributed by atoms with E-state index < -0.39 is 0 Å². The maximum Gasteiger partial charge on any atom is 0.151 e. The lowest BCUT2D eigenvalue weighted by molar-refractivity contribution is 0.404. The molecule has 0 aliphatic heterocycles. The minimum absolute atomic E-state index is 0.780. The number of hydrogen-bond donors (Lipinski definition) is 1. The van der Waals surface area contributed by atoms with Crippen molar-refractivity contribution in [2.24, 2.45) is 0 Å². The number of nitrogens with one attached hydrogen (secondary N) is 1. The monoisotopic (exact) mass is 307 g/mol. The number of rotatable bonds is 8. The molecule has 0 saturated carbocycles. The minimum atomic E-state index is 0.780. The van der Waals surface area contributed by atoms with Gasteiger partial charge >= 0.3 is 0 Å². The van der Waals surface area contributed by atoms with Gasteiger partial charge in [-0.15, -0.1) is 10.2 Å². The highest BCUT2D eigenvalue weighted by atomic mass is 32.1. The molecule has 0 spiro atoms. The van der Waals surface area contributed by atoms with E-state index in [2.05, 4.69) is 22.4 Å². The first kappa shape index (κ1) is 15.7. The third-order valence-electron chi connectivity index (χ3n) is 3.05. The van der Waals surface area contributed by atoms with Crippen LogP contribution in [0.4, 0.5) is 0 Å². The zero-order valence-corrected chi connectivity index (χ0v) is 13.5. The number of hydrogen-bond acceptors (Lipinski definition) is 6. The van der Waals surface area contributed by atoms with Crippen LogP contribution in [0.25, 0.3) is 10.6 Å². The molecule has 0 unspecified atom stereocenters. The molecule has 6 heteroatoms. The number of methoxy groups -OCH3 is 2. The van der Waals surface area contributed by atoms with Gasteiger partial charge in [-0.05, 0) is 31.2 Å². The zero-order valence-electron chi connectivity index (χ0n) is 12.7. The lowest BCUT2D eigenvalue weighted by Crippen LogP contribution is -2.17. The summed E-state index contributed by atoms with van der Waals surface area (Å²) in [6, 6.07) is 5.69. The van der Waals surface area contributed by atoms with E-state index in [1.165, 1.54) is 0 Å². The molecule has 0 saturated heterocycles. The normalized spacial score (nSPS) is 10.6. The van der Waals surface area contributed by atoms with Crippen LogP contribution >= 0.6 is 11.3 Å². The van der Waals surface area contributed by atoms with Gasteiger partial charge in [0.15, 0.2) is 5.01 Å². The summed E-state index contributed by atoms with van der Waals surface area (Å²) in [5.41, 5.74) is 0.919. The number of aromatic nitrogens is 2. The molecule has 0 fully saturated rings. The first-order valence-corrected chi connectivity index (χ1v) is 7.85. The standard InChI is InChI=1S/C15H21N3O2S/c1-4-8-16-9-7-14-17-18-15(21-14)12-10-11(19-2)5-6-13(12)20-3/h5-6,10,16H,4,7-9H2,1-3H3. The van der Waals surface area contributed by atoms with E-state index in [0.717, 1.165) is 53.0 Å². The van der Waals surface area contributed by atoms with E-state index in [0.29, 0.717) is 0 Å². The molecule has 2 rings (SSSR count). The Morgan fingerprint density at radius 1 is 1.14 bits per heavy atom. The van der Waals surface area contributed by atoms with Crippen molar-refractivity contribution in [3.63, 3.8) is 0 Å². The summed E-state index contributed by atoms with van der Waals surface area (Å²) in [5, 5.41) is 13.8. The quantitative estimate of drug-likeness (QED) is 0.760. The molecule has 1 heterocycles. The first-order valence-electron chi connectivity index (χ1n) is 7.04. The van der Waals surface area contributed by atoms with Crippen LogP contribution < -0.4 is 14.8 Å². The van der Waals surface area contributed by atoms with Gasteiger partial charge in [0, 0.05) is 13.0 Å². The van der Waals surface area contributed by atoms with Crippen LogP contribution in [-0.2, 0) is 6.42 Å². The van der Waals surface area contributed by atoms with E-state index in [1.807, 2.05) is 18.2 Å². The van der Waals surface area contributed by atoms with Crippen molar-refractivity contribution in [3.05, 3.63) is 23.2 Å². The molecular formula is C15H21N3O2S. The van der Waals surface area contributed by atoms with Crippen molar-refractivity contribution in [1.82, 2.24) is 15.5 Å². The second-order valence-corrected chi connectivity index (χ2v) is 5.63. The Labute approximate surface area is 129 Å². The highest BCUT2D eigenvalue weighted by molar-refractivity contribution is 7.14. The van der Waals surface area contributed by atoms with Crippen LogP contribution in [0.3, 0.4) is 0 Å². The lowest BCUT2D eigenvalue weighted by atomic mass is 10.2. The van der Waals surface area contributed by atoms with Crippen LogP contribution in [0, 0.1) is 0 Å². The molecule has 0 bridgehead atoms. The number of benzene rings is 1. The Morgan fingerprint density at radius 3 is 2.71 bits per heavy atom. The summed E-state index contributed by atoms with van der Waals surface area (Å²) >= 11 is 1.59. The van der Waals surface area contributed by atoms with E-state index >= 15 is 0 Å². The van der Waals surface area contributed by atoms with Crippen molar-refractivity contribution in [1.29, 1.82) is 0 Å². The summed E-state index contributed by atoms with van der Waals surface area (Å²) in [6.07, 6.45) is 2.03. The predicted molar refractivity (Wildman–Crippen MR) is 85.3 cm³/mol. The Kier molecular flexibility index (Phi) is 5.95. The molecule has 0 radical (unpaired) electrons. The molecule has 2 aromatic rings. The maximum absolute atomic E-state index is 5.39. The van der Waals surface area contributed by atoms with Gasteiger partial charge in [-0.1, -0.05) is 18.3 Å². The number of nitrogens with zero attached hydrogens (tertiary/aromatic N) is 2. The SMILES string of the molecule is CCCNCCc1nnc(-c2cc(OC)ccc2OC)s1. The molecule has 5 nitrogen and oxygen atoms in total. The van der Waals surface area contributed by atoms with Gasteiger partial charge in [-0.2, -0.15) is 0 Å². The maximum atomic E-state index is 5.39. The summed E-state index contributed by atoms with van der Waals surface area (Å²) in [4.78, 5) is 0. The molecule has 0 aliphatic carbocycles. The fourth-order valence-electron chi connectivity index (χ4n) is 1.94. The van der Waals surface area contributed by atoms with Crippen molar-refractivity contribution in [3.8, 4) is 22.1 Å². The fraction of sp³-hybridized carbons (Fsp3) is 0.467. The molecular weight excluding hydrogens is 286 g/mol. The van der Waals surface area contributed by atoms with Crippen LogP contribution in [0.1, 0.15) is 18.4 Å². The van der Waals surface area contributed by atoms with Crippen molar-refractivity contribution in [2.75, 3.05) is 27.3 Å². The van der Waals surface area contributed by atoms with E-state index in [9.17, 15) is 0 Å². The Hall–Kier alpha value is -1.66. The van der Waals surface area contributed by atoms with Crippen LogP contribution in [0.5, 0.6) is 11.5 Å². The fourth-order valence-corrected chi connectivity index (χ4v) is 2.80. The van der Waals surface area contributed by atoms with Gasteiger partial charge in [0.2, 0.25) is 0 Å². The molecule has 0 amide bonds. The molecule has 1 aromatic heterocycles. The highest BCUT2D eigenvalue weighted by Gasteiger charge is 2.13. The summed E-state index contributed by atoms with van der Waals surface area (Å²) in [5.74, 6) is 1.56. The van der Waals surface area contributed by atoms with Gasteiger partial charge in [0.25, 0.3) is 0 Å². The highest BCUT2D eigenvalue weighted by Crippen LogP contribution is 2.35. The van der Waals surface area contributed by atoms with Gasteiger partial charge in [0.05, 0.1) is 19.8 Å². The molecule has 1 aromatic carbocycles. The predicted octanol–water partition coefficient (Wildman–Crippen LogP) is 2.76. The zero-order chi connectivity index (χ0) is 15.1. The van der Waals surface area contributed by atoms with Crippen molar-refractivity contribution in [2.45, 2.75) is 19.8 Å². The first-order chi connectivity index (χ1) is 10.3. The smallest absolute Gasteiger partial charge is 0.151 e. The van der Waals surface area contributed by atoms with Gasteiger partial charge in [0.1, 0.15) is 16.5 Å². The molecule has 1 N–H and O–H groups in total. The largest absolute Gasteiger partial charge is 0.497 e. The lowest BCUT2D eigenvalue weighted by Gasteiger charge is -2.07. The van der Waals surface area contributed by atoms with Crippen LogP contribution in [0.2, 0.25) is 0 Å². The third-order valence-corrected chi connectivity index (χ3v) is 4.06. The molecule has 114 valence electrons. The average Bonchev–Trinajstić information content (AvgIpc) is 2.99.